The van der Waals surface area contributed by atoms with Gasteiger partial charge in [0, 0.05) is 17.2 Å². The fourth-order valence-corrected chi connectivity index (χ4v) is 3.36. The van der Waals surface area contributed by atoms with Crippen molar-refractivity contribution in [1.82, 2.24) is 5.43 Å². The van der Waals surface area contributed by atoms with E-state index in [1.807, 2.05) is 0 Å². The minimum atomic E-state index is 0.0902. The Hall–Kier alpha value is -0.610. The first-order chi connectivity index (χ1) is 7.32. The van der Waals surface area contributed by atoms with Crippen LogP contribution in [0.4, 0.5) is 0 Å². The molecule has 5 N–H and O–H groups in total. The molecule has 0 spiro atoms. The average Bonchev–Trinajstić information content (AvgIpc) is 2.51. The number of rotatable bonds is 1. The molecule has 2 saturated carbocycles. The van der Waals surface area contributed by atoms with Crippen LogP contribution in [0.3, 0.4) is 0 Å². The van der Waals surface area contributed by atoms with Gasteiger partial charge in [-0.1, -0.05) is 19.3 Å². The number of hydrazone groups is 1. The first-order valence-electron chi connectivity index (χ1n) is 6.07. The second-order valence-electron chi connectivity index (χ2n) is 4.93. The Bertz CT molecular complexity index is 251. The van der Waals surface area contributed by atoms with Crippen LogP contribution in [0.1, 0.15) is 51.4 Å². The first kappa shape index (κ1) is 10.9. The fourth-order valence-electron chi connectivity index (χ4n) is 3.36. The Morgan fingerprint density at radius 2 is 2.00 bits per heavy atom. The van der Waals surface area contributed by atoms with Gasteiger partial charge in [0.15, 0.2) is 0 Å². The Morgan fingerprint density at radius 1 is 1.20 bits per heavy atom. The highest BCUT2D eigenvalue weighted by Crippen LogP contribution is 2.40. The van der Waals surface area contributed by atoms with Crippen LogP contribution in [0.5, 0.6) is 0 Å². The molecule has 86 valence electrons. The second kappa shape index (κ2) is 4.49. The average molecular weight is 210 g/mol. The van der Waals surface area contributed by atoms with Gasteiger partial charge in [0.2, 0.25) is 0 Å². The van der Waals surface area contributed by atoms with Gasteiger partial charge in [0.1, 0.15) is 0 Å². The summed E-state index contributed by atoms with van der Waals surface area (Å²) >= 11 is 0. The van der Waals surface area contributed by atoms with E-state index in [-0.39, 0.29) is 5.54 Å². The monoisotopic (exact) mass is 210 g/mol. The molecule has 2 aliphatic carbocycles. The van der Waals surface area contributed by atoms with Gasteiger partial charge in [-0.2, -0.15) is 5.10 Å². The van der Waals surface area contributed by atoms with E-state index >= 15 is 0 Å². The van der Waals surface area contributed by atoms with Crippen LogP contribution in [0.25, 0.3) is 0 Å². The summed E-state index contributed by atoms with van der Waals surface area (Å²) < 4.78 is 0. The molecule has 0 radical (unpaired) electrons. The number of hydrazine groups is 1. The van der Waals surface area contributed by atoms with Crippen LogP contribution in [-0.4, -0.2) is 11.3 Å². The molecule has 0 aromatic heterocycles. The Kier molecular flexibility index (Phi) is 3.26. The van der Waals surface area contributed by atoms with Crippen molar-refractivity contribution in [3.8, 4) is 0 Å². The maximum absolute atomic E-state index is 5.79. The molecular weight excluding hydrogens is 188 g/mol. The second-order valence-corrected chi connectivity index (χ2v) is 4.93. The standard InChI is InChI=1S/C11H22N4/c12-14-10-6-4-8-11(15-13)7-3-1-2-5-9(10)11/h9,15H,1-8,12-13H2. The van der Waals surface area contributed by atoms with Gasteiger partial charge < -0.3 is 5.84 Å². The van der Waals surface area contributed by atoms with E-state index in [2.05, 4.69) is 10.5 Å². The van der Waals surface area contributed by atoms with E-state index < -0.39 is 0 Å². The lowest BCUT2D eigenvalue weighted by molar-refractivity contribution is 0.205. The molecule has 0 saturated heterocycles. The van der Waals surface area contributed by atoms with Crippen molar-refractivity contribution < 1.29 is 0 Å². The molecule has 2 atom stereocenters. The van der Waals surface area contributed by atoms with Crippen molar-refractivity contribution in [2.75, 3.05) is 0 Å². The molecule has 4 nitrogen and oxygen atoms in total. The zero-order chi connectivity index (χ0) is 10.7. The molecule has 0 aromatic carbocycles. The van der Waals surface area contributed by atoms with E-state index in [4.69, 9.17) is 11.7 Å². The summed E-state index contributed by atoms with van der Waals surface area (Å²) in [6, 6.07) is 0. The van der Waals surface area contributed by atoms with E-state index in [1.54, 1.807) is 0 Å². The maximum atomic E-state index is 5.79. The van der Waals surface area contributed by atoms with Crippen LogP contribution in [0.15, 0.2) is 5.10 Å². The predicted molar refractivity (Wildman–Crippen MR) is 62.1 cm³/mol. The third kappa shape index (κ3) is 1.88. The third-order valence-electron chi connectivity index (χ3n) is 4.19. The third-order valence-corrected chi connectivity index (χ3v) is 4.19. The highest BCUT2D eigenvalue weighted by atomic mass is 15.3. The zero-order valence-corrected chi connectivity index (χ0v) is 9.34. The lowest BCUT2D eigenvalue weighted by Crippen LogP contribution is -2.58. The van der Waals surface area contributed by atoms with Crippen LogP contribution < -0.4 is 17.1 Å². The molecule has 0 heterocycles. The SMILES string of the molecule is NN=C1CCCC2(NN)CCCCCC12. The van der Waals surface area contributed by atoms with E-state index in [0.717, 1.165) is 12.8 Å². The molecule has 0 bridgehead atoms. The summed E-state index contributed by atoms with van der Waals surface area (Å²) in [5.74, 6) is 11.8. The highest BCUT2D eigenvalue weighted by molar-refractivity contribution is 5.88. The van der Waals surface area contributed by atoms with Gasteiger partial charge in [-0.15, -0.1) is 0 Å². The van der Waals surface area contributed by atoms with Crippen LogP contribution in [0, 0.1) is 5.92 Å². The molecule has 0 amide bonds. The summed E-state index contributed by atoms with van der Waals surface area (Å²) in [7, 11) is 0. The largest absolute Gasteiger partial charge is 0.323 e. The van der Waals surface area contributed by atoms with Crippen LogP contribution in [0.2, 0.25) is 0 Å². The predicted octanol–water partition coefficient (Wildman–Crippen LogP) is 1.27. The molecule has 2 aliphatic rings. The zero-order valence-electron chi connectivity index (χ0n) is 9.34. The lowest BCUT2D eigenvalue weighted by Gasteiger charge is -2.43. The smallest absolute Gasteiger partial charge is 0.0425 e. The summed E-state index contributed by atoms with van der Waals surface area (Å²) in [5.41, 5.74) is 4.36. The van der Waals surface area contributed by atoms with Gasteiger partial charge in [-0.25, -0.2) is 0 Å². The van der Waals surface area contributed by atoms with Crippen molar-refractivity contribution in [1.29, 1.82) is 0 Å². The topological polar surface area (TPSA) is 76.4 Å². The van der Waals surface area contributed by atoms with Gasteiger partial charge in [0.25, 0.3) is 0 Å². The number of hydrogen-bond acceptors (Lipinski definition) is 4. The normalized spacial score (nSPS) is 39.8. The van der Waals surface area contributed by atoms with E-state index in [9.17, 15) is 0 Å². The Balaban J connectivity index is 2.26. The molecule has 4 heteroatoms. The Morgan fingerprint density at radius 3 is 2.73 bits per heavy atom. The minimum Gasteiger partial charge on any atom is -0.323 e. The molecule has 0 aromatic rings. The summed E-state index contributed by atoms with van der Waals surface area (Å²) in [4.78, 5) is 0. The summed E-state index contributed by atoms with van der Waals surface area (Å²) in [6.45, 7) is 0. The van der Waals surface area contributed by atoms with Crippen molar-refractivity contribution in [2.24, 2.45) is 22.7 Å². The number of nitrogens with two attached hydrogens (primary N) is 2. The van der Waals surface area contributed by atoms with E-state index in [1.165, 1.54) is 44.2 Å². The lowest BCUT2D eigenvalue weighted by atomic mass is 9.69. The van der Waals surface area contributed by atoms with Gasteiger partial charge in [-0.05, 0) is 32.1 Å². The molecular formula is C11H22N4. The van der Waals surface area contributed by atoms with E-state index in [0.29, 0.717) is 5.92 Å². The maximum Gasteiger partial charge on any atom is 0.0425 e. The Labute approximate surface area is 91.4 Å². The molecule has 2 unspecified atom stereocenters. The first-order valence-corrected chi connectivity index (χ1v) is 6.07. The fraction of sp³-hybridized carbons (Fsp3) is 0.909. The molecule has 2 fully saturated rings. The number of hydrogen-bond donors (Lipinski definition) is 3. The summed E-state index contributed by atoms with van der Waals surface area (Å²) in [6.07, 6.45) is 9.64. The number of nitrogens with zero attached hydrogens (tertiary/aromatic N) is 1. The van der Waals surface area contributed by atoms with Crippen molar-refractivity contribution in [3.05, 3.63) is 0 Å². The quantitative estimate of drug-likeness (QED) is 0.450. The highest BCUT2D eigenvalue weighted by Gasteiger charge is 2.43. The number of fused-ring (bicyclic) bond motifs is 1. The van der Waals surface area contributed by atoms with Crippen molar-refractivity contribution in [2.45, 2.75) is 56.9 Å². The number of nitrogens with one attached hydrogen (secondary N) is 1. The van der Waals surface area contributed by atoms with Crippen LogP contribution >= 0.6 is 0 Å². The van der Waals surface area contributed by atoms with Gasteiger partial charge in [-0.3, -0.25) is 11.3 Å². The van der Waals surface area contributed by atoms with Crippen molar-refractivity contribution in [3.63, 3.8) is 0 Å². The van der Waals surface area contributed by atoms with Gasteiger partial charge >= 0.3 is 0 Å². The summed E-state index contributed by atoms with van der Waals surface area (Å²) in [5, 5.41) is 3.99. The molecule has 2 rings (SSSR count). The molecule has 15 heavy (non-hydrogen) atoms. The van der Waals surface area contributed by atoms with Crippen LogP contribution in [-0.2, 0) is 0 Å². The minimum absolute atomic E-state index is 0.0902. The van der Waals surface area contributed by atoms with Crippen molar-refractivity contribution >= 4 is 5.71 Å². The van der Waals surface area contributed by atoms with Gasteiger partial charge in [0.05, 0.1) is 0 Å². The molecule has 0 aliphatic heterocycles.